The summed E-state index contributed by atoms with van der Waals surface area (Å²) < 4.78 is 1.85. The van der Waals surface area contributed by atoms with E-state index in [4.69, 9.17) is 12.2 Å². The Kier molecular flexibility index (Phi) is 5.59. The maximum absolute atomic E-state index is 11.0. The molecule has 0 unspecified atom stereocenters. The highest BCUT2D eigenvalue weighted by atomic mass is 32.1. The molecule has 0 aliphatic carbocycles. The van der Waals surface area contributed by atoms with Crippen LogP contribution in [0.3, 0.4) is 0 Å². The van der Waals surface area contributed by atoms with Crippen molar-refractivity contribution >= 4 is 39.6 Å². The Hall–Kier alpha value is -3.51. The second-order valence-electron chi connectivity index (χ2n) is 7.15. The number of nitrogens with one attached hydrogen (secondary N) is 1. The minimum absolute atomic E-state index is 0.0712. The van der Waals surface area contributed by atoms with E-state index in [-0.39, 0.29) is 11.0 Å². The van der Waals surface area contributed by atoms with Crippen LogP contribution < -0.4 is 5.32 Å². The van der Waals surface area contributed by atoms with Gasteiger partial charge in [-0.1, -0.05) is 60.7 Å². The third-order valence-electron chi connectivity index (χ3n) is 5.13. The van der Waals surface area contributed by atoms with Crippen molar-refractivity contribution in [2.75, 3.05) is 5.32 Å². The minimum Gasteiger partial charge on any atom is -0.493 e. The molecule has 4 rings (SSSR count). The average Bonchev–Trinajstić information content (AvgIpc) is 3.01. The van der Waals surface area contributed by atoms with Gasteiger partial charge in [-0.15, -0.1) is 10.2 Å². The van der Waals surface area contributed by atoms with Gasteiger partial charge in [0.25, 0.3) is 0 Å². The van der Waals surface area contributed by atoms with Crippen LogP contribution in [-0.4, -0.2) is 14.8 Å². The molecule has 1 heterocycles. The van der Waals surface area contributed by atoms with Gasteiger partial charge in [0.1, 0.15) is 0 Å². The van der Waals surface area contributed by atoms with Gasteiger partial charge in [0.2, 0.25) is 11.0 Å². The van der Waals surface area contributed by atoms with Crippen molar-refractivity contribution in [1.82, 2.24) is 4.57 Å². The molecule has 0 saturated carbocycles. The van der Waals surface area contributed by atoms with Crippen LogP contribution in [-0.2, 0) is 6.54 Å². The van der Waals surface area contributed by atoms with Crippen LogP contribution in [0.1, 0.15) is 16.7 Å². The maximum atomic E-state index is 11.0. The highest BCUT2D eigenvalue weighted by molar-refractivity contribution is 7.80. The van der Waals surface area contributed by atoms with Crippen molar-refractivity contribution in [3.8, 4) is 5.88 Å². The van der Waals surface area contributed by atoms with E-state index >= 15 is 0 Å². The number of fused-ring (bicyclic) bond motifs is 1. The number of aryl methyl sites for hydroxylation is 2. The van der Waals surface area contributed by atoms with Gasteiger partial charge in [-0.2, -0.15) is 0 Å². The van der Waals surface area contributed by atoms with Crippen molar-refractivity contribution in [3.63, 3.8) is 0 Å². The van der Waals surface area contributed by atoms with Gasteiger partial charge in [0.15, 0.2) is 5.69 Å². The molecular weight excluding hydrogens is 392 g/mol. The Morgan fingerprint density at radius 1 is 0.933 bits per heavy atom. The molecule has 6 heteroatoms. The predicted molar refractivity (Wildman–Crippen MR) is 126 cm³/mol. The fourth-order valence-corrected chi connectivity index (χ4v) is 3.59. The quantitative estimate of drug-likeness (QED) is 0.296. The van der Waals surface area contributed by atoms with Crippen LogP contribution in [0.25, 0.3) is 10.9 Å². The fourth-order valence-electron chi connectivity index (χ4n) is 3.44. The number of aromatic nitrogens is 1. The van der Waals surface area contributed by atoms with E-state index < -0.39 is 0 Å². The molecule has 0 atom stereocenters. The lowest BCUT2D eigenvalue weighted by Gasteiger charge is -2.09. The summed E-state index contributed by atoms with van der Waals surface area (Å²) in [6, 6.07) is 23.7. The van der Waals surface area contributed by atoms with Crippen molar-refractivity contribution < 1.29 is 5.11 Å². The lowest BCUT2D eigenvalue weighted by molar-refractivity contribution is 0.429. The van der Waals surface area contributed by atoms with Crippen LogP contribution in [0.15, 0.2) is 83.0 Å². The summed E-state index contributed by atoms with van der Waals surface area (Å²) in [5.41, 5.74) is 5.55. The SMILES string of the molecule is Cc1ccccc1Cn1c(O)c(N=NC(=S)Nc2ccccc2C)c2ccccc21. The van der Waals surface area contributed by atoms with Crippen LogP contribution in [0, 0.1) is 13.8 Å². The molecule has 0 amide bonds. The van der Waals surface area contributed by atoms with Crippen LogP contribution in [0.4, 0.5) is 11.4 Å². The molecule has 5 nitrogen and oxygen atoms in total. The largest absolute Gasteiger partial charge is 0.493 e. The summed E-state index contributed by atoms with van der Waals surface area (Å²) in [5, 5.41) is 23.5. The Morgan fingerprint density at radius 3 is 2.37 bits per heavy atom. The highest BCUT2D eigenvalue weighted by Crippen LogP contribution is 2.39. The normalized spacial score (nSPS) is 11.3. The number of hydrogen-bond acceptors (Lipinski definition) is 3. The predicted octanol–water partition coefficient (Wildman–Crippen LogP) is 6.49. The average molecular weight is 415 g/mol. The first kappa shape index (κ1) is 19.8. The molecule has 4 aromatic rings. The zero-order valence-corrected chi connectivity index (χ0v) is 17.6. The maximum Gasteiger partial charge on any atom is 0.221 e. The van der Waals surface area contributed by atoms with Crippen molar-refractivity contribution in [3.05, 3.63) is 89.5 Å². The number of nitrogens with zero attached hydrogens (tertiary/aromatic N) is 3. The van der Waals surface area contributed by atoms with Crippen LogP contribution >= 0.6 is 12.2 Å². The van der Waals surface area contributed by atoms with E-state index in [1.54, 1.807) is 0 Å². The van der Waals surface area contributed by atoms with E-state index in [1.165, 1.54) is 5.56 Å². The number of para-hydroxylation sites is 2. The standard InChI is InChI=1S/C24H22N4OS/c1-16-9-3-5-11-18(16)15-28-21-14-8-6-12-19(21)22(23(28)29)26-27-24(30)25-20-13-7-4-10-17(20)2/h3-14,29H,15H2,1-2H3,(H,25,30). The van der Waals surface area contributed by atoms with Gasteiger partial charge < -0.3 is 15.0 Å². The lowest BCUT2D eigenvalue weighted by atomic mass is 10.1. The molecule has 2 N–H and O–H groups in total. The highest BCUT2D eigenvalue weighted by Gasteiger charge is 2.17. The molecule has 0 saturated heterocycles. The number of hydrogen-bond donors (Lipinski definition) is 2. The molecule has 0 spiro atoms. The summed E-state index contributed by atoms with van der Waals surface area (Å²) in [6.45, 7) is 4.60. The van der Waals surface area contributed by atoms with Crippen LogP contribution in [0.5, 0.6) is 5.88 Å². The summed E-state index contributed by atoms with van der Waals surface area (Å²) >= 11 is 5.33. The summed E-state index contributed by atoms with van der Waals surface area (Å²) in [5.74, 6) is 0.0712. The van der Waals surface area contributed by atoms with Crippen molar-refractivity contribution in [2.24, 2.45) is 10.2 Å². The minimum atomic E-state index is 0.0712. The number of anilines is 1. The number of azo groups is 1. The van der Waals surface area contributed by atoms with Gasteiger partial charge in [-0.3, -0.25) is 0 Å². The Labute approximate surface area is 180 Å². The first-order valence-corrected chi connectivity index (χ1v) is 10.1. The molecule has 150 valence electrons. The summed E-state index contributed by atoms with van der Waals surface area (Å²) in [6.07, 6.45) is 0. The fraction of sp³-hybridized carbons (Fsp3) is 0.125. The summed E-state index contributed by atoms with van der Waals surface area (Å²) in [4.78, 5) is 0. The lowest BCUT2D eigenvalue weighted by Crippen LogP contribution is -2.06. The topological polar surface area (TPSA) is 61.9 Å². The smallest absolute Gasteiger partial charge is 0.221 e. The molecule has 0 aliphatic rings. The molecule has 3 aromatic carbocycles. The monoisotopic (exact) mass is 414 g/mol. The molecule has 0 fully saturated rings. The zero-order chi connectivity index (χ0) is 21.1. The number of aromatic hydroxyl groups is 1. The second kappa shape index (κ2) is 8.47. The third-order valence-corrected chi connectivity index (χ3v) is 5.32. The van der Waals surface area contributed by atoms with Crippen molar-refractivity contribution in [2.45, 2.75) is 20.4 Å². The molecule has 30 heavy (non-hydrogen) atoms. The second-order valence-corrected chi connectivity index (χ2v) is 7.53. The van der Waals surface area contributed by atoms with E-state index in [2.05, 4.69) is 34.6 Å². The molecular formula is C24H22N4OS. The van der Waals surface area contributed by atoms with Gasteiger partial charge in [0.05, 0.1) is 12.1 Å². The first-order valence-electron chi connectivity index (χ1n) is 9.67. The van der Waals surface area contributed by atoms with Gasteiger partial charge in [0, 0.05) is 11.1 Å². The zero-order valence-electron chi connectivity index (χ0n) is 16.8. The number of thiocarbonyl (C=S) groups is 1. The van der Waals surface area contributed by atoms with Gasteiger partial charge in [-0.05, 0) is 54.9 Å². The molecule has 0 radical (unpaired) electrons. The Bertz CT molecular complexity index is 1260. The Morgan fingerprint density at radius 2 is 1.60 bits per heavy atom. The van der Waals surface area contributed by atoms with Gasteiger partial charge >= 0.3 is 0 Å². The molecule has 0 bridgehead atoms. The first-order chi connectivity index (χ1) is 14.5. The van der Waals surface area contributed by atoms with E-state index in [1.807, 2.05) is 72.2 Å². The molecule has 0 aliphatic heterocycles. The van der Waals surface area contributed by atoms with Gasteiger partial charge in [-0.25, -0.2) is 0 Å². The van der Waals surface area contributed by atoms with Crippen molar-refractivity contribution in [1.29, 1.82) is 0 Å². The van der Waals surface area contributed by atoms with E-state index in [0.717, 1.165) is 27.7 Å². The van der Waals surface area contributed by atoms with E-state index in [9.17, 15) is 5.11 Å². The van der Waals surface area contributed by atoms with Crippen LogP contribution in [0.2, 0.25) is 0 Å². The third kappa shape index (κ3) is 3.95. The number of rotatable bonds is 4. The number of benzene rings is 3. The molecule has 1 aromatic heterocycles. The Balaban J connectivity index is 1.67. The van der Waals surface area contributed by atoms with E-state index in [0.29, 0.717) is 12.2 Å². The summed E-state index contributed by atoms with van der Waals surface area (Å²) in [7, 11) is 0.